The second kappa shape index (κ2) is 15.0. The molecular weight excluding hydrogens is 603 g/mol. The minimum Gasteiger partial charge on any atom is -0.354 e. The Hall–Kier alpha value is -3.67. The molecule has 0 bridgehead atoms. The molecule has 2 amide bonds. The number of nitro groups is 1. The van der Waals surface area contributed by atoms with Gasteiger partial charge in [-0.3, -0.25) is 24.0 Å². The number of nitrogens with one attached hydrogen (secondary N) is 1. The minimum absolute atomic E-state index is 0.0659. The highest BCUT2D eigenvalue weighted by molar-refractivity contribution is 7.92. The maximum atomic E-state index is 14.1. The van der Waals surface area contributed by atoms with E-state index in [9.17, 15) is 28.1 Å². The van der Waals surface area contributed by atoms with Crippen molar-refractivity contribution in [2.75, 3.05) is 17.4 Å². The fourth-order valence-electron chi connectivity index (χ4n) is 4.27. The van der Waals surface area contributed by atoms with Crippen molar-refractivity contribution in [3.05, 3.63) is 98.5 Å². The van der Waals surface area contributed by atoms with E-state index in [0.29, 0.717) is 17.1 Å². The van der Waals surface area contributed by atoms with Crippen molar-refractivity contribution in [2.45, 2.75) is 50.6 Å². The maximum absolute atomic E-state index is 14.1. The van der Waals surface area contributed by atoms with Crippen LogP contribution in [0.1, 0.15) is 38.7 Å². The molecular formula is C29H32Cl2N4O6S. The summed E-state index contributed by atoms with van der Waals surface area (Å²) in [5.41, 5.74) is 0.157. The number of benzene rings is 3. The first-order chi connectivity index (χ1) is 20.0. The summed E-state index contributed by atoms with van der Waals surface area (Å²) >= 11 is 12.3. The lowest BCUT2D eigenvalue weighted by molar-refractivity contribution is -0.384. The Labute approximate surface area is 255 Å². The van der Waals surface area contributed by atoms with Crippen molar-refractivity contribution >= 4 is 56.4 Å². The third-order valence-corrected chi connectivity index (χ3v) is 9.02. The monoisotopic (exact) mass is 634 g/mol. The van der Waals surface area contributed by atoms with Gasteiger partial charge in [0.05, 0.1) is 25.6 Å². The van der Waals surface area contributed by atoms with Gasteiger partial charge in [0.2, 0.25) is 11.8 Å². The number of hydrogen-bond acceptors (Lipinski definition) is 6. The molecule has 13 heteroatoms. The highest BCUT2D eigenvalue weighted by Crippen LogP contribution is 2.28. The van der Waals surface area contributed by atoms with Crippen molar-refractivity contribution < 1.29 is 22.9 Å². The molecule has 0 fully saturated rings. The van der Waals surface area contributed by atoms with Crippen LogP contribution >= 0.6 is 23.2 Å². The van der Waals surface area contributed by atoms with E-state index in [-0.39, 0.29) is 40.2 Å². The maximum Gasteiger partial charge on any atom is 0.271 e. The third kappa shape index (κ3) is 8.21. The number of hydrogen-bond donors (Lipinski definition) is 1. The summed E-state index contributed by atoms with van der Waals surface area (Å²) in [6.07, 6.45) is 1.85. The third-order valence-electron chi connectivity index (χ3n) is 6.49. The normalized spacial score (nSPS) is 11.9. The van der Waals surface area contributed by atoms with Crippen LogP contribution in [-0.4, -0.2) is 49.2 Å². The number of rotatable bonds is 14. The predicted molar refractivity (Wildman–Crippen MR) is 163 cm³/mol. The molecule has 3 aromatic carbocycles. The van der Waals surface area contributed by atoms with Crippen LogP contribution in [-0.2, 0) is 26.2 Å². The van der Waals surface area contributed by atoms with Gasteiger partial charge in [0.25, 0.3) is 15.7 Å². The van der Waals surface area contributed by atoms with Gasteiger partial charge in [0.15, 0.2) is 0 Å². The molecule has 3 rings (SSSR count). The Bertz CT molecular complexity index is 1520. The molecule has 0 heterocycles. The molecule has 0 aliphatic carbocycles. The Morgan fingerprint density at radius 2 is 1.69 bits per heavy atom. The summed E-state index contributed by atoms with van der Waals surface area (Å²) in [7, 11) is -4.36. The molecule has 0 aliphatic heterocycles. The lowest BCUT2D eigenvalue weighted by Gasteiger charge is -2.33. The Kier molecular flexibility index (Phi) is 11.7. The zero-order chi connectivity index (χ0) is 30.9. The topological polar surface area (TPSA) is 130 Å². The summed E-state index contributed by atoms with van der Waals surface area (Å²) in [5, 5.41) is 14.9. The molecule has 10 nitrogen and oxygen atoms in total. The number of amides is 2. The summed E-state index contributed by atoms with van der Waals surface area (Å²) < 4.78 is 28.5. The molecule has 0 saturated carbocycles. The number of nitro benzene ring substituents is 1. The molecule has 0 saturated heterocycles. The number of carbonyl (C=O) groups excluding carboxylic acids is 2. The van der Waals surface area contributed by atoms with Crippen molar-refractivity contribution in [1.29, 1.82) is 0 Å². The van der Waals surface area contributed by atoms with Crippen LogP contribution < -0.4 is 9.62 Å². The van der Waals surface area contributed by atoms with Gasteiger partial charge >= 0.3 is 0 Å². The lowest BCUT2D eigenvalue weighted by Crippen LogP contribution is -2.52. The summed E-state index contributed by atoms with van der Waals surface area (Å²) in [4.78, 5) is 39.3. The van der Waals surface area contributed by atoms with E-state index in [1.807, 2.05) is 6.92 Å². The van der Waals surface area contributed by atoms with Gasteiger partial charge in [-0.2, -0.15) is 0 Å². The van der Waals surface area contributed by atoms with E-state index in [1.165, 1.54) is 47.4 Å². The molecule has 0 radical (unpaired) electrons. The number of non-ortho nitro benzene ring substituents is 1. The highest BCUT2D eigenvalue weighted by Gasteiger charge is 2.34. The standard InChI is InChI=1S/C29H32Cl2N4O6S/c1-3-5-16-32-29(37)27(4-2)33(19-21-14-15-25(30)26(31)17-21)28(36)20-34(22-10-9-11-23(18-22)35(38)39)42(40,41)24-12-7-6-8-13-24/h6-15,17-18,27H,3-5,16,19-20H2,1-2H3,(H,32,37)/t27-/m1/s1. The zero-order valence-electron chi connectivity index (χ0n) is 23.2. The van der Waals surface area contributed by atoms with Gasteiger partial charge in [-0.15, -0.1) is 0 Å². The first kappa shape index (κ1) is 32.8. The van der Waals surface area contributed by atoms with Crippen LogP contribution in [0, 0.1) is 10.1 Å². The number of carbonyl (C=O) groups is 2. The average Bonchev–Trinajstić information content (AvgIpc) is 2.98. The molecule has 224 valence electrons. The van der Waals surface area contributed by atoms with Crippen LogP contribution in [0.4, 0.5) is 11.4 Å². The molecule has 0 spiro atoms. The van der Waals surface area contributed by atoms with Gasteiger partial charge in [-0.05, 0) is 48.7 Å². The van der Waals surface area contributed by atoms with Crippen molar-refractivity contribution in [1.82, 2.24) is 10.2 Å². The summed E-state index contributed by atoms with van der Waals surface area (Å²) in [6, 6.07) is 16.3. The second-order valence-electron chi connectivity index (χ2n) is 9.44. The van der Waals surface area contributed by atoms with Gasteiger partial charge in [-0.1, -0.05) is 73.8 Å². The number of sulfonamides is 1. The Morgan fingerprint density at radius 3 is 2.31 bits per heavy atom. The van der Waals surface area contributed by atoms with Gasteiger partial charge in [0.1, 0.15) is 12.6 Å². The largest absolute Gasteiger partial charge is 0.354 e. The van der Waals surface area contributed by atoms with Crippen molar-refractivity contribution in [3.8, 4) is 0 Å². The number of unbranched alkanes of at least 4 members (excludes halogenated alkanes) is 1. The van der Waals surface area contributed by atoms with E-state index in [1.54, 1.807) is 31.2 Å². The van der Waals surface area contributed by atoms with Crippen LogP contribution in [0.25, 0.3) is 0 Å². The Morgan fingerprint density at radius 1 is 0.976 bits per heavy atom. The molecule has 3 aromatic rings. The summed E-state index contributed by atoms with van der Waals surface area (Å²) in [6.45, 7) is 3.36. The molecule has 1 N–H and O–H groups in total. The van der Waals surface area contributed by atoms with E-state index < -0.39 is 33.4 Å². The number of nitrogens with zero attached hydrogens (tertiary/aromatic N) is 3. The fourth-order valence-corrected chi connectivity index (χ4v) is 6.02. The van der Waals surface area contributed by atoms with Crippen LogP contribution in [0.5, 0.6) is 0 Å². The fraction of sp³-hybridized carbons (Fsp3) is 0.310. The molecule has 0 aromatic heterocycles. The Balaban J connectivity index is 2.08. The number of anilines is 1. The van der Waals surface area contributed by atoms with Crippen LogP contribution in [0.2, 0.25) is 10.0 Å². The van der Waals surface area contributed by atoms with E-state index in [0.717, 1.165) is 23.2 Å². The van der Waals surface area contributed by atoms with E-state index in [4.69, 9.17) is 23.2 Å². The lowest BCUT2D eigenvalue weighted by atomic mass is 10.1. The van der Waals surface area contributed by atoms with Gasteiger partial charge in [0, 0.05) is 25.2 Å². The second-order valence-corrected chi connectivity index (χ2v) is 12.1. The average molecular weight is 636 g/mol. The van der Waals surface area contributed by atoms with E-state index >= 15 is 0 Å². The van der Waals surface area contributed by atoms with Crippen LogP contribution in [0.3, 0.4) is 0 Å². The van der Waals surface area contributed by atoms with Crippen molar-refractivity contribution in [3.63, 3.8) is 0 Å². The number of halogens is 2. The zero-order valence-corrected chi connectivity index (χ0v) is 25.5. The van der Waals surface area contributed by atoms with Crippen LogP contribution in [0.15, 0.2) is 77.7 Å². The minimum atomic E-state index is -4.36. The predicted octanol–water partition coefficient (Wildman–Crippen LogP) is 5.82. The molecule has 1 atom stereocenters. The SMILES string of the molecule is CCCCNC(=O)[C@@H](CC)N(Cc1ccc(Cl)c(Cl)c1)C(=O)CN(c1cccc([N+](=O)[O-])c1)S(=O)(=O)c1ccccc1. The van der Waals surface area contributed by atoms with Gasteiger partial charge in [-0.25, -0.2) is 8.42 Å². The quantitative estimate of drug-likeness (QED) is 0.135. The molecule has 0 aliphatic rings. The molecule has 42 heavy (non-hydrogen) atoms. The van der Waals surface area contributed by atoms with Crippen molar-refractivity contribution in [2.24, 2.45) is 0 Å². The highest BCUT2D eigenvalue weighted by atomic mass is 35.5. The first-order valence-electron chi connectivity index (χ1n) is 13.3. The summed E-state index contributed by atoms with van der Waals surface area (Å²) in [5.74, 6) is -1.07. The van der Waals surface area contributed by atoms with E-state index in [2.05, 4.69) is 5.32 Å². The first-order valence-corrected chi connectivity index (χ1v) is 15.5. The van der Waals surface area contributed by atoms with Gasteiger partial charge < -0.3 is 10.2 Å². The smallest absolute Gasteiger partial charge is 0.271 e. The molecule has 0 unspecified atom stereocenters.